The lowest BCUT2D eigenvalue weighted by Crippen LogP contribution is -2.42. The molecule has 0 aromatic heterocycles. The van der Waals surface area contributed by atoms with Crippen molar-refractivity contribution >= 4 is 23.5 Å². The Morgan fingerprint density at radius 1 is 1.40 bits per heavy atom. The molecule has 1 N–H and O–H groups in total. The summed E-state index contributed by atoms with van der Waals surface area (Å²) in [6, 6.07) is 3.12. The van der Waals surface area contributed by atoms with Gasteiger partial charge in [-0.1, -0.05) is 31.5 Å². The average Bonchev–Trinajstić information content (AvgIpc) is 2.36. The third kappa shape index (κ3) is 4.20. The fraction of sp³-hybridized carbons (Fsp3) is 0.429. The fourth-order valence-corrected chi connectivity index (χ4v) is 2.02. The van der Waals surface area contributed by atoms with Crippen LogP contribution in [0.2, 0.25) is 5.02 Å². The van der Waals surface area contributed by atoms with Crippen molar-refractivity contribution in [3.63, 3.8) is 0 Å². The Bertz CT molecular complexity index is 485. The first-order chi connectivity index (χ1) is 9.36. The number of amides is 1. The van der Waals surface area contributed by atoms with E-state index in [1.54, 1.807) is 0 Å². The molecule has 110 valence electrons. The molecular weight excluding hydrogens is 285 g/mol. The normalized spacial score (nSPS) is 12.1. The number of hydrogen-bond donors (Lipinski definition) is 1. The van der Waals surface area contributed by atoms with Crippen LogP contribution in [0.25, 0.3) is 0 Å². The molecule has 0 fully saturated rings. The molecule has 0 aliphatic heterocycles. The van der Waals surface area contributed by atoms with Crippen LogP contribution in [0.5, 0.6) is 0 Å². The van der Waals surface area contributed by atoms with Crippen molar-refractivity contribution in [2.75, 3.05) is 7.11 Å². The Hall–Kier alpha value is -1.62. The zero-order valence-corrected chi connectivity index (χ0v) is 12.3. The van der Waals surface area contributed by atoms with Gasteiger partial charge in [0.1, 0.15) is 11.9 Å². The van der Waals surface area contributed by atoms with E-state index < -0.39 is 23.7 Å². The van der Waals surface area contributed by atoms with E-state index >= 15 is 0 Å². The maximum Gasteiger partial charge on any atom is 0.328 e. The molecule has 0 bridgehead atoms. The maximum absolute atomic E-state index is 13.6. The Labute approximate surface area is 122 Å². The summed E-state index contributed by atoms with van der Waals surface area (Å²) >= 11 is 5.81. The van der Waals surface area contributed by atoms with Crippen LogP contribution < -0.4 is 5.32 Å². The van der Waals surface area contributed by atoms with E-state index in [4.69, 9.17) is 11.6 Å². The molecule has 0 heterocycles. The maximum atomic E-state index is 13.6. The summed E-state index contributed by atoms with van der Waals surface area (Å²) in [6.45, 7) is 3.80. The van der Waals surface area contributed by atoms with Gasteiger partial charge in [0, 0.05) is 0 Å². The van der Waals surface area contributed by atoms with Crippen molar-refractivity contribution in [3.8, 4) is 0 Å². The number of methoxy groups -OCH3 is 1. The van der Waals surface area contributed by atoms with Crippen LogP contribution in [0, 0.1) is 11.7 Å². The SMILES string of the molecule is COC(=O)C(CC(C)C)NC(=O)c1c(F)cccc1Cl. The second kappa shape index (κ2) is 7.24. The Balaban J connectivity index is 2.93. The van der Waals surface area contributed by atoms with Crippen LogP contribution >= 0.6 is 11.6 Å². The molecule has 4 nitrogen and oxygen atoms in total. The van der Waals surface area contributed by atoms with Gasteiger partial charge >= 0.3 is 5.97 Å². The standard InChI is InChI=1S/C14H17ClFNO3/c1-8(2)7-11(14(19)20-3)17-13(18)12-9(15)5-4-6-10(12)16/h4-6,8,11H,7H2,1-3H3,(H,17,18). The average molecular weight is 302 g/mol. The number of hydrogen-bond acceptors (Lipinski definition) is 3. The highest BCUT2D eigenvalue weighted by atomic mass is 35.5. The number of carbonyl (C=O) groups is 2. The van der Waals surface area contributed by atoms with E-state index in [1.807, 2.05) is 13.8 Å². The van der Waals surface area contributed by atoms with Gasteiger partial charge in [0.15, 0.2) is 0 Å². The quantitative estimate of drug-likeness (QED) is 0.851. The molecule has 0 aliphatic carbocycles. The smallest absolute Gasteiger partial charge is 0.328 e. The lowest BCUT2D eigenvalue weighted by atomic mass is 10.0. The second-order valence-electron chi connectivity index (χ2n) is 4.78. The molecule has 1 aromatic rings. The fourth-order valence-electron chi connectivity index (χ4n) is 1.77. The number of benzene rings is 1. The van der Waals surface area contributed by atoms with Gasteiger partial charge in [0.2, 0.25) is 0 Å². The molecule has 0 aliphatic rings. The van der Waals surface area contributed by atoms with Crippen molar-refractivity contribution in [1.29, 1.82) is 0 Å². The van der Waals surface area contributed by atoms with Crippen molar-refractivity contribution < 1.29 is 18.7 Å². The van der Waals surface area contributed by atoms with E-state index in [0.717, 1.165) is 6.07 Å². The third-order valence-electron chi connectivity index (χ3n) is 2.69. The largest absolute Gasteiger partial charge is 0.467 e. The van der Waals surface area contributed by atoms with Crippen LogP contribution in [0.15, 0.2) is 18.2 Å². The van der Waals surface area contributed by atoms with Crippen LogP contribution in [-0.2, 0) is 9.53 Å². The van der Waals surface area contributed by atoms with Crippen LogP contribution in [0.1, 0.15) is 30.6 Å². The summed E-state index contributed by atoms with van der Waals surface area (Å²) in [5, 5.41) is 2.46. The predicted octanol–water partition coefficient (Wildman–Crippen LogP) is 2.80. The molecule has 0 saturated carbocycles. The van der Waals surface area contributed by atoms with Gasteiger partial charge in [-0.3, -0.25) is 4.79 Å². The topological polar surface area (TPSA) is 55.4 Å². The highest BCUT2D eigenvalue weighted by Gasteiger charge is 2.25. The first kappa shape index (κ1) is 16.4. The minimum absolute atomic E-state index is 0.00402. The second-order valence-corrected chi connectivity index (χ2v) is 5.18. The predicted molar refractivity (Wildman–Crippen MR) is 74.1 cm³/mol. The third-order valence-corrected chi connectivity index (χ3v) is 3.00. The molecule has 1 atom stereocenters. The Morgan fingerprint density at radius 2 is 2.05 bits per heavy atom. The Kier molecular flexibility index (Phi) is 5.95. The van der Waals surface area contributed by atoms with Crippen molar-refractivity contribution in [2.24, 2.45) is 5.92 Å². The number of nitrogens with one attached hydrogen (secondary N) is 1. The van der Waals surface area contributed by atoms with E-state index in [9.17, 15) is 14.0 Å². The first-order valence-electron chi connectivity index (χ1n) is 6.19. The molecule has 1 unspecified atom stereocenters. The summed E-state index contributed by atoms with van der Waals surface area (Å²) in [5.74, 6) is -1.87. The van der Waals surface area contributed by atoms with Crippen LogP contribution in [0.4, 0.5) is 4.39 Å². The van der Waals surface area contributed by atoms with Gasteiger partial charge in [-0.15, -0.1) is 0 Å². The van der Waals surface area contributed by atoms with Gasteiger partial charge in [-0.25, -0.2) is 9.18 Å². The van der Waals surface area contributed by atoms with E-state index in [0.29, 0.717) is 6.42 Å². The number of esters is 1. The minimum atomic E-state index is -0.830. The number of carbonyl (C=O) groups excluding carboxylic acids is 2. The molecule has 1 rings (SSSR count). The molecule has 1 amide bonds. The lowest BCUT2D eigenvalue weighted by molar-refractivity contribution is -0.143. The summed E-state index contributed by atoms with van der Waals surface area (Å²) in [5.41, 5.74) is -0.271. The van der Waals surface area contributed by atoms with E-state index in [2.05, 4.69) is 10.1 Å². The van der Waals surface area contributed by atoms with E-state index in [1.165, 1.54) is 19.2 Å². The van der Waals surface area contributed by atoms with Gasteiger partial charge in [0.25, 0.3) is 5.91 Å². The van der Waals surface area contributed by atoms with Gasteiger partial charge < -0.3 is 10.1 Å². The molecule has 6 heteroatoms. The van der Waals surface area contributed by atoms with Crippen LogP contribution in [-0.4, -0.2) is 25.0 Å². The highest BCUT2D eigenvalue weighted by molar-refractivity contribution is 6.33. The zero-order chi connectivity index (χ0) is 15.3. The van der Waals surface area contributed by atoms with Gasteiger partial charge in [-0.2, -0.15) is 0 Å². The lowest BCUT2D eigenvalue weighted by Gasteiger charge is -2.18. The molecule has 1 aromatic carbocycles. The highest BCUT2D eigenvalue weighted by Crippen LogP contribution is 2.19. The van der Waals surface area contributed by atoms with Gasteiger partial charge in [0.05, 0.1) is 17.7 Å². The first-order valence-corrected chi connectivity index (χ1v) is 6.57. The minimum Gasteiger partial charge on any atom is -0.467 e. The molecule has 20 heavy (non-hydrogen) atoms. The van der Waals surface area contributed by atoms with Gasteiger partial charge in [-0.05, 0) is 24.5 Å². The van der Waals surface area contributed by atoms with E-state index in [-0.39, 0.29) is 16.5 Å². The monoisotopic (exact) mass is 301 g/mol. The zero-order valence-electron chi connectivity index (χ0n) is 11.6. The summed E-state index contributed by atoms with van der Waals surface area (Å²) in [6.07, 6.45) is 0.393. The summed E-state index contributed by atoms with van der Waals surface area (Å²) < 4.78 is 18.3. The molecule has 0 saturated heterocycles. The number of halogens is 2. The van der Waals surface area contributed by atoms with Crippen molar-refractivity contribution in [3.05, 3.63) is 34.6 Å². The summed E-state index contributed by atoms with van der Waals surface area (Å²) in [4.78, 5) is 23.7. The van der Waals surface area contributed by atoms with Crippen LogP contribution in [0.3, 0.4) is 0 Å². The molecular formula is C14H17ClFNO3. The molecule has 0 spiro atoms. The number of rotatable bonds is 5. The summed E-state index contributed by atoms with van der Waals surface area (Å²) in [7, 11) is 1.23. The number of ether oxygens (including phenoxy) is 1. The Morgan fingerprint density at radius 3 is 2.55 bits per heavy atom. The van der Waals surface area contributed by atoms with Crippen molar-refractivity contribution in [1.82, 2.24) is 5.32 Å². The van der Waals surface area contributed by atoms with Crippen molar-refractivity contribution in [2.45, 2.75) is 26.3 Å². The molecule has 0 radical (unpaired) electrons.